The van der Waals surface area contributed by atoms with Crippen LogP contribution in [0.4, 0.5) is 20.7 Å². The summed E-state index contributed by atoms with van der Waals surface area (Å²) in [4.78, 5) is 44.3. The summed E-state index contributed by atoms with van der Waals surface area (Å²) in [6.45, 7) is 4.19. The third-order valence-electron chi connectivity index (χ3n) is 6.86. The van der Waals surface area contributed by atoms with Crippen molar-refractivity contribution in [2.24, 2.45) is 5.41 Å². The molecule has 0 radical (unpaired) electrons. The van der Waals surface area contributed by atoms with E-state index in [1.54, 1.807) is 24.1 Å². The van der Waals surface area contributed by atoms with E-state index >= 15 is 4.39 Å². The smallest absolute Gasteiger partial charge is 0.328 e. The molecular formula is C22H21FN6O5S. The number of benzene rings is 1. The molecule has 5 heterocycles. The monoisotopic (exact) mass is 500 g/mol. The molecule has 3 aromatic rings. The third-order valence-corrected chi connectivity index (χ3v) is 7.64. The summed E-state index contributed by atoms with van der Waals surface area (Å²) in [5.74, 6) is -1.76. The fourth-order valence-corrected chi connectivity index (χ4v) is 6.13. The summed E-state index contributed by atoms with van der Waals surface area (Å²) < 4.78 is 27.3. The molecule has 0 unspecified atom stereocenters. The molecule has 2 aromatic heterocycles. The van der Waals surface area contributed by atoms with Crippen molar-refractivity contribution in [3.63, 3.8) is 0 Å². The first-order valence-corrected chi connectivity index (χ1v) is 12.0. The minimum atomic E-state index is -1.69. The molecule has 3 aliphatic rings. The van der Waals surface area contributed by atoms with Crippen LogP contribution in [0.25, 0.3) is 11.0 Å². The van der Waals surface area contributed by atoms with Gasteiger partial charge < -0.3 is 19.5 Å². The number of amides is 4. The maximum Gasteiger partial charge on any atom is 0.328 e. The van der Waals surface area contributed by atoms with Crippen molar-refractivity contribution in [2.45, 2.75) is 45.1 Å². The molecule has 4 amide bonds. The van der Waals surface area contributed by atoms with Crippen LogP contribution in [0.5, 0.6) is 0 Å². The molecule has 182 valence electrons. The number of barbiturate groups is 1. The van der Waals surface area contributed by atoms with Gasteiger partial charge in [-0.25, -0.2) is 14.2 Å². The molecule has 2 fully saturated rings. The van der Waals surface area contributed by atoms with Gasteiger partial charge in [-0.15, -0.1) is 11.3 Å². The van der Waals surface area contributed by atoms with Gasteiger partial charge in [0.1, 0.15) is 5.01 Å². The van der Waals surface area contributed by atoms with Gasteiger partial charge in [0.05, 0.1) is 35.9 Å². The number of rotatable bonds is 3. The van der Waals surface area contributed by atoms with Crippen LogP contribution in [0.15, 0.2) is 22.2 Å². The molecule has 3 atom stereocenters. The van der Waals surface area contributed by atoms with Gasteiger partial charge in [0.25, 0.3) is 0 Å². The predicted molar refractivity (Wildman–Crippen MR) is 122 cm³/mol. The number of morpholine rings is 1. The lowest BCUT2D eigenvalue weighted by molar-refractivity contribution is -0.153. The number of urea groups is 1. The average molecular weight is 501 g/mol. The van der Waals surface area contributed by atoms with E-state index in [2.05, 4.69) is 26.1 Å². The Morgan fingerprint density at radius 1 is 1.29 bits per heavy atom. The van der Waals surface area contributed by atoms with Gasteiger partial charge in [0.2, 0.25) is 17.4 Å². The average Bonchev–Trinajstić information content (AvgIpc) is 3.45. The molecule has 2 saturated heterocycles. The van der Waals surface area contributed by atoms with Crippen LogP contribution in [-0.4, -0.2) is 52.8 Å². The fraction of sp³-hybridized carbons (Fsp3) is 0.409. The second-order valence-corrected chi connectivity index (χ2v) is 10.00. The van der Waals surface area contributed by atoms with Gasteiger partial charge in [-0.1, -0.05) is 5.16 Å². The van der Waals surface area contributed by atoms with Crippen LogP contribution in [0, 0.1) is 11.2 Å². The summed E-state index contributed by atoms with van der Waals surface area (Å²) in [7, 11) is 0. The number of carbonyl (C=O) groups excluding carboxylic acids is 3. The lowest BCUT2D eigenvalue weighted by atomic mass is 9.66. The number of hydrogen-bond donors (Lipinski definition) is 3. The molecule has 3 N–H and O–H groups in total. The van der Waals surface area contributed by atoms with E-state index in [4.69, 9.17) is 9.26 Å². The van der Waals surface area contributed by atoms with Crippen molar-refractivity contribution in [3.8, 4) is 0 Å². The van der Waals surface area contributed by atoms with Gasteiger partial charge >= 0.3 is 6.03 Å². The number of thiazole rings is 1. The van der Waals surface area contributed by atoms with Crippen LogP contribution in [0.2, 0.25) is 0 Å². The van der Waals surface area contributed by atoms with Crippen molar-refractivity contribution in [2.75, 3.05) is 16.8 Å². The van der Waals surface area contributed by atoms with Crippen LogP contribution in [0.1, 0.15) is 24.4 Å². The highest BCUT2D eigenvalue weighted by Crippen LogP contribution is 2.49. The molecule has 0 aliphatic carbocycles. The van der Waals surface area contributed by atoms with E-state index in [-0.39, 0.29) is 30.3 Å². The van der Waals surface area contributed by atoms with E-state index in [1.807, 2.05) is 12.3 Å². The molecule has 13 heteroatoms. The summed E-state index contributed by atoms with van der Waals surface area (Å²) in [5.41, 5.74) is -1.03. The molecule has 3 aliphatic heterocycles. The zero-order chi connectivity index (χ0) is 24.5. The first-order valence-electron chi connectivity index (χ1n) is 11.1. The topological polar surface area (TPSA) is 139 Å². The van der Waals surface area contributed by atoms with E-state index in [0.717, 1.165) is 5.01 Å². The first kappa shape index (κ1) is 21.9. The number of imide groups is 2. The van der Waals surface area contributed by atoms with Crippen LogP contribution in [0.3, 0.4) is 0 Å². The zero-order valence-electron chi connectivity index (χ0n) is 18.8. The fourth-order valence-electron chi connectivity index (χ4n) is 5.58. The van der Waals surface area contributed by atoms with E-state index < -0.39 is 41.2 Å². The number of carbonyl (C=O) groups is 3. The number of nitrogens with one attached hydrogen (secondary N) is 3. The van der Waals surface area contributed by atoms with Crippen LogP contribution in [-0.2, 0) is 27.3 Å². The number of fused-ring (bicyclic) bond motifs is 5. The maximum absolute atomic E-state index is 16.0. The van der Waals surface area contributed by atoms with Gasteiger partial charge in [0, 0.05) is 24.5 Å². The van der Waals surface area contributed by atoms with Crippen molar-refractivity contribution in [1.29, 1.82) is 0 Å². The first-order chi connectivity index (χ1) is 16.8. The van der Waals surface area contributed by atoms with Crippen molar-refractivity contribution < 1.29 is 28.0 Å². The number of halogens is 1. The number of aromatic nitrogens is 2. The van der Waals surface area contributed by atoms with Gasteiger partial charge in [-0.3, -0.25) is 20.2 Å². The number of anilines is 2. The third kappa shape index (κ3) is 3.14. The summed E-state index contributed by atoms with van der Waals surface area (Å²) in [5, 5.41) is 14.6. The molecule has 0 saturated carbocycles. The minimum Gasteiger partial charge on any atom is -0.372 e. The maximum atomic E-state index is 16.0. The van der Waals surface area contributed by atoms with Crippen LogP contribution < -0.4 is 20.9 Å². The lowest BCUT2D eigenvalue weighted by Crippen LogP contribution is -2.75. The lowest BCUT2D eigenvalue weighted by Gasteiger charge is -2.55. The summed E-state index contributed by atoms with van der Waals surface area (Å²) in [6.07, 6.45) is 0.669. The van der Waals surface area contributed by atoms with Gasteiger partial charge in [0.15, 0.2) is 17.1 Å². The molecular weight excluding hydrogens is 479 g/mol. The quantitative estimate of drug-likeness (QED) is 0.460. The Balaban J connectivity index is 1.50. The van der Waals surface area contributed by atoms with Gasteiger partial charge in [-0.2, -0.15) is 0 Å². The highest BCUT2D eigenvalue weighted by molar-refractivity contribution is 7.09. The Bertz CT molecular complexity index is 1350. The standard InChI is InChI=1S/C22H21FN6O5S/c1-9-8-29-15-11(6-22(17(29)10(2)33-9)19(30)26-21(32)27-20(22)31)5-12-16(14(15)23)34-28-18(12)25-7-13-24-3-4-35-13/h3-5,9-10,17H,6-8H2,1-2H3,(H,25,28)(H2,26,27,30,31,32)/t9-,10+,17-/m0/s1. The molecule has 11 nitrogen and oxygen atoms in total. The van der Waals surface area contributed by atoms with Crippen molar-refractivity contribution in [1.82, 2.24) is 20.8 Å². The van der Waals surface area contributed by atoms with Crippen LogP contribution >= 0.6 is 11.3 Å². The number of nitrogens with zero attached hydrogens (tertiary/aromatic N) is 3. The SMILES string of the molecule is C[C@H]1CN2c3c(cc4c(NCc5nccs5)noc4c3F)CC3(C(=O)NC(=O)NC3=O)[C@@H]2[C@@H](C)O1. The Kier molecular flexibility index (Phi) is 4.83. The second-order valence-electron chi connectivity index (χ2n) is 9.02. The molecule has 35 heavy (non-hydrogen) atoms. The highest BCUT2D eigenvalue weighted by atomic mass is 32.1. The second kappa shape index (κ2) is 7.71. The minimum absolute atomic E-state index is 0.0281. The predicted octanol–water partition coefficient (Wildman–Crippen LogP) is 1.93. The molecule has 6 rings (SSSR count). The van der Waals surface area contributed by atoms with Gasteiger partial charge in [-0.05, 0) is 25.5 Å². The number of ether oxygens (including phenoxy) is 1. The number of hydrogen-bond acceptors (Lipinski definition) is 10. The highest BCUT2D eigenvalue weighted by Gasteiger charge is 2.63. The van der Waals surface area contributed by atoms with E-state index in [0.29, 0.717) is 23.3 Å². The Morgan fingerprint density at radius 2 is 2.06 bits per heavy atom. The van der Waals surface area contributed by atoms with Crippen molar-refractivity contribution in [3.05, 3.63) is 34.0 Å². The van der Waals surface area contributed by atoms with E-state index in [9.17, 15) is 14.4 Å². The largest absolute Gasteiger partial charge is 0.372 e. The Morgan fingerprint density at radius 3 is 2.77 bits per heavy atom. The zero-order valence-corrected chi connectivity index (χ0v) is 19.6. The van der Waals surface area contributed by atoms with Crippen molar-refractivity contribution >= 4 is 51.7 Å². The summed E-state index contributed by atoms with van der Waals surface area (Å²) in [6, 6.07) is -0.0273. The Hall–Kier alpha value is -3.58. The molecule has 0 bridgehead atoms. The molecule has 1 spiro atoms. The Labute approximate surface area is 202 Å². The molecule has 1 aromatic carbocycles. The van der Waals surface area contributed by atoms with E-state index in [1.165, 1.54) is 11.3 Å². The normalized spacial score (nSPS) is 25.3. The summed E-state index contributed by atoms with van der Waals surface area (Å²) >= 11 is 1.46.